The molecular formula is C18H16ClNO2S2. The minimum absolute atomic E-state index is 0.0850. The monoisotopic (exact) mass is 377 g/mol. The van der Waals surface area contributed by atoms with Gasteiger partial charge in [0.05, 0.1) is 4.91 Å². The number of thiocarbonyl (C=S) groups is 1. The summed E-state index contributed by atoms with van der Waals surface area (Å²) in [4.78, 5) is 14.8. The molecule has 0 radical (unpaired) electrons. The van der Waals surface area contributed by atoms with Crippen LogP contribution >= 0.6 is 35.6 Å². The minimum atomic E-state index is -0.341. The molecule has 3 rings (SSSR count). The number of halogens is 1. The van der Waals surface area contributed by atoms with Crippen LogP contribution in [0.5, 0.6) is 0 Å². The van der Waals surface area contributed by atoms with Crippen molar-refractivity contribution in [2.45, 2.75) is 26.3 Å². The van der Waals surface area contributed by atoms with E-state index in [0.717, 1.165) is 5.56 Å². The Hall–Kier alpha value is -1.56. The zero-order valence-corrected chi connectivity index (χ0v) is 15.9. The molecule has 0 saturated carbocycles. The Morgan fingerprint density at radius 1 is 1.25 bits per heavy atom. The molecule has 0 N–H and O–H groups in total. The van der Waals surface area contributed by atoms with E-state index in [2.05, 4.69) is 0 Å². The normalized spacial score (nSPS) is 17.2. The van der Waals surface area contributed by atoms with Crippen LogP contribution in [0.2, 0.25) is 5.02 Å². The smallest absolute Gasteiger partial charge is 0.266 e. The average Bonchev–Trinajstić information content (AvgIpc) is 3.04. The molecule has 2 aromatic rings. The fraction of sp³-hybridized carbons (Fsp3) is 0.222. The lowest BCUT2D eigenvalue weighted by molar-refractivity contribution is -0.125. The van der Waals surface area contributed by atoms with Crippen LogP contribution in [-0.4, -0.2) is 20.7 Å². The van der Waals surface area contributed by atoms with Crippen LogP contribution in [-0.2, 0) is 4.79 Å². The number of benzene rings is 1. The highest BCUT2D eigenvalue weighted by atomic mass is 35.5. The molecule has 0 unspecified atom stereocenters. The zero-order valence-electron chi connectivity index (χ0n) is 13.5. The van der Waals surface area contributed by atoms with E-state index < -0.39 is 0 Å². The minimum Gasteiger partial charge on any atom is -0.457 e. The van der Waals surface area contributed by atoms with Crippen molar-refractivity contribution in [2.24, 2.45) is 0 Å². The second kappa shape index (κ2) is 6.39. The van der Waals surface area contributed by atoms with Crippen molar-refractivity contribution in [2.75, 3.05) is 0 Å². The molecular weight excluding hydrogens is 362 g/mol. The molecule has 1 aromatic carbocycles. The summed E-state index contributed by atoms with van der Waals surface area (Å²) in [5.41, 5.74) is 0.552. The molecule has 0 spiro atoms. The van der Waals surface area contributed by atoms with Crippen molar-refractivity contribution in [1.29, 1.82) is 0 Å². The van der Waals surface area contributed by atoms with Crippen LogP contribution in [0, 0.1) is 0 Å². The Kier molecular flexibility index (Phi) is 4.60. The zero-order chi connectivity index (χ0) is 17.5. The Morgan fingerprint density at radius 3 is 2.62 bits per heavy atom. The fourth-order valence-electron chi connectivity index (χ4n) is 2.40. The number of furan rings is 1. The van der Waals surface area contributed by atoms with E-state index in [9.17, 15) is 4.79 Å². The maximum Gasteiger partial charge on any atom is 0.266 e. The van der Waals surface area contributed by atoms with Gasteiger partial charge in [0.25, 0.3) is 5.91 Å². The molecule has 0 bridgehead atoms. The van der Waals surface area contributed by atoms with Gasteiger partial charge in [0.1, 0.15) is 15.8 Å². The van der Waals surface area contributed by atoms with Gasteiger partial charge < -0.3 is 4.42 Å². The highest BCUT2D eigenvalue weighted by Gasteiger charge is 2.39. The first-order valence-corrected chi connectivity index (χ1v) is 9.00. The molecule has 1 aliphatic rings. The van der Waals surface area contributed by atoms with Crippen LogP contribution < -0.4 is 0 Å². The Labute approximate surface area is 155 Å². The summed E-state index contributed by atoms with van der Waals surface area (Å²) >= 11 is 12.6. The number of carbonyl (C=O) groups excluding carboxylic acids is 1. The van der Waals surface area contributed by atoms with Crippen LogP contribution in [0.1, 0.15) is 26.5 Å². The first-order valence-electron chi connectivity index (χ1n) is 7.39. The molecule has 1 fully saturated rings. The lowest BCUT2D eigenvalue weighted by atomic mass is 10.1. The average molecular weight is 378 g/mol. The molecule has 2 heterocycles. The summed E-state index contributed by atoms with van der Waals surface area (Å²) in [5.74, 6) is 1.23. The maximum atomic E-state index is 12.6. The highest BCUT2D eigenvalue weighted by Crippen LogP contribution is 2.37. The van der Waals surface area contributed by atoms with Gasteiger partial charge >= 0.3 is 0 Å². The topological polar surface area (TPSA) is 33.5 Å². The number of hydrogen-bond acceptors (Lipinski definition) is 4. The lowest BCUT2D eigenvalue weighted by Gasteiger charge is -2.30. The van der Waals surface area contributed by atoms with Crippen molar-refractivity contribution < 1.29 is 9.21 Å². The van der Waals surface area contributed by atoms with Crippen LogP contribution in [0.15, 0.2) is 45.7 Å². The summed E-state index contributed by atoms with van der Waals surface area (Å²) in [6, 6.07) is 11.1. The van der Waals surface area contributed by atoms with Gasteiger partial charge in [-0.1, -0.05) is 47.7 Å². The van der Waals surface area contributed by atoms with Gasteiger partial charge in [-0.2, -0.15) is 0 Å². The van der Waals surface area contributed by atoms with Crippen molar-refractivity contribution in [3.63, 3.8) is 0 Å². The third-order valence-electron chi connectivity index (χ3n) is 3.47. The quantitative estimate of drug-likeness (QED) is 0.503. The molecule has 1 saturated heterocycles. The molecule has 0 atom stereocenters. The van der Waals surface area contributed by atoms with E-state index in [0.29, 0.717) is 25.8 Å². The summed E-state index contributed by atoms with van der Waals surface area (Å²) in [7, 11) is 0. The SMILES string of the molecule is CC(C)(C)N1C(=O)/C(=C\c2ccc(-c3cccc(Cl)c3)o2)SC1=S. The number of carbonyl (C=O) groups is 1. The second-order valence-corrected chi connectivity index (χ2v) is 8.51. The van der Waals surface area contributed by atoms with Crippen LogP contribution in [0.4, 0.5) is 0 Å². The number of thioether (sulfide) groups is 1. The number of rotatable bonds is 2. The van der Waals surface area contributed by atoms with Crippen molar-refractivity contribution >= 4 is 51.9 Å². The van der Waals surface area contributed by atoms with E-state index in [-0.39, 0.29) is 11.4 Å². The van der Waals surface area contributed by atoms with E-state index in [1.54, 1.807) is 11.0 Å². The lowest BCUT2D eigenvalue weighted by Crippen LogP contribution is -2.44. The van der Waals surface area contributed by atoms with Gasteiger partial charge in [0.15, 0.2) is 0 Å². The van der Waals surface area contributed by atoms with Crippen LogP contribution in [0.25, 0.3) is 17.4 Å². The molecule has 1 aliphatic heterocycles. The standard InChI is InChI=1S/C18H16ClNO2S2/c1-18(2,3)20-16(21)15(24-17(20)23)10-13-7-8-14(22-13)11-5-4-6-12(19)9-11/h4-10H,1-3H3/b15-10+. The fourth-order valence-corrected chi connectivity index (χ4v) is 4.21. The summed E-state index contributed by atoms with van der Waals surface area (Å²) < 4.78 is 6.40. The molecule has 6 heteroatoms. The van der Waals surface area contributed by atoms with E-state index in [1.165, 1.54) is 11.8 Å². The van der Waals surface area contributed by atoms with Crippen molar-refractivity contribution in [3.8, 4) is 11.3 Å². The molecule has 1 amide bonds. The van der Waals surface area contributed by atoms with E-state index >= 15 is 0 Å². The van der Waals surface area contributed by atoms with Gasteiger partial charge in [0, 0.05) is 22.2 Å². The third kappa shape index (κ3) is 3.43. The number of hydrogen-bond donors (Lipinski definition) is 0. The summed E-state index contributed by atoms with van der Waals surface area (Å²) in [6.45, 7) is 5.89. The van der Waals surface area contributed by atoms with E-state index in [4.69, 9.17) is 28.2 Å². The second-order valence-electron chi connectivity index (χ2n) is 6.40. The molecule has 0 aliphatic carbocycles. The van der Waals surface area contributed by atoms with Crippen molar-refractivity contribution in [1.82, 2.24) is 4.90 Å². The molecule has 1 aromatic heterocycles. The third-order valence-corrected chi connectivity index (χ3v) is 5.01. The predicted octanol–water partition coefficient (Wildman–Crippen LogP) is 5.60. The summed E-state index contributed by atoms with van der Waals surface area (Å²) in [6.07, 6.45) is 1.74. The summed E-state index contributed by atoms with van der Waals surface area (Å²) in [5, 5.41) is 0.650. The highest BCUT2D eigenvalue weighted by molar-refractivity contribution is 8.26. The first kappa shape index (κ1) is 17.3. The number of nitrogens with zero attached hydrogens (tertiary/aromatic N) is 1. The predicted molar refractivity (Wildman–Crippen MR) is 104 cm³/mol. The molecule has 124 valence electrons. The van der Waals surface area contributed by atoms with Gasteiger partial charge in [-0.05, 0) is 45.0 Å². The van der Waals surface area contributed by atoms with Gasteiger partial charge in [-0.3, -0.25) is 9.69 Å². The van der Waals surface area contributed by atoms with Gasteiger partial charge in [0.2, 0.25) is 0 Å². The van der Waals surface area contributed by atoms with Gasteiger partial charge in [-0.15, -0.1) is 0 Å². The number of amides is 1. The van der Waals surface area contributed by atoms with Crippen LogP contribution in [0.3, 0.4) is 0 Å². The Balaban J connectivity index is 1.88. The van der Waals surface area contributed by atoms with E-state index in [1.807, 2.05) is 57.2 Å². The largest absolute Gasteiger partial charge is 0.457 e. The molecule has 3 nitrogen and oxygen atoms in total. The first-order chi connectivity index (χ1) is 11.3. The Morgan fingerprint density at radius 2 is 2.00 bits per heavy atom. The Bertz CT molecular complexity index is 849. The van der Waals surface area contributed by atoms with Gasteiger partial charge in [-0.25, -0.2) is 0 Å². The molecule has 24 heavy (non-hydrogen) atoms. The van der Waals surface area contributed by atoms with Crippen molar-refractivity contribution in [3.05, 3.63) is 52.1 Å². The maximum absolute atomic E-state index is 12.6.